The molecule has 116 valence electrons. The summed E-state index contributed by atoms with van der Waals surface area (Å²) < 4.78 is 0. The summed E-state index contributed by atoms with van der Waals surface area (Å²) in [6.07, 6.45) is 1.93. The number of amides is 1. The first-order valence-corrected chi connectivity index (χ1v) is 7.93. The summed E-state index contributed by atoms with van der Waals surface area (Å²) >= 11 is 0. The second-order valence-corrected chi connectivity index (χ2v) is 6.97. The van der Waals surface area contributed by atoms with Crippen LogP contribution >= 0.6 is 0 Å². The van der Waals surface area contributed by atoms with Crippen LogP contribution in [0.25, 0.3) is 0 Å². The first-order chi connectivity index (χ1) is 9.90. The van der Waals surface area contributed by atoms with Gasteiger partial charge < -0.3 is 10.2 Å². The molecule has 1 aliphatic rings. The number of nitrogens with zero attached hydrogens (tertiary/aromatic N) is 1. The monoisotopic (exact) mass is 288 g/mol. The normalized spacial score (nSPS) is 16.8. The van der Waals surface area contributed by atoms with Crippen LogP contribution in [0.1, 0.15) is 37.8 Å². The predicted octanol–water partition coefficient (Wildman–Crippen LogP) is 2.73. The molecule has 2 rings (SSSR count). The molecule has 0 bridgehead atoms. The zero-order chi connectivity index (χ0) is 15.5. The van der Waals surface area contributed by atoms with E-state index in [1.807, 2.05) is 11.9 Å². The Hall–Kier alpha value is -1.35. The topological polar surface area (TPSA) is 32.3 Å². The fourth-order valence-electron chi connectivity index (χ4n) is 3.15. The van der Waals surface area contributed by atoms with Crippen LogP contribution < -0.4 is 5.32 Å². The summed E-state index contributed by atoms with van der Waals surface area (Å²) in [6.45, 7) is 9.22. The van der Waals surface area contributed by atoms with Crippen molar-refractivity contribution in [2.45, 2.75) is 39.0 Å². The third-order valence-electron chi connectivity index (χ3n) is 4.53. The van der Waals surface area contributed by atoms with Crippen LogP contribution in [0.5, 0.6) is 0 Å². The number of carbonyl (C=O) groups is 1. The van der Waals surface area contributed by atoms with Crippen LogP contribution in [-0.4, -0.2) is 37.5 Å². The lowest BCUT2D eigenvalue weighted by Gasteiger charge is -2.34. The minimum absolute atomic E-state index is 0.0228. The highest BCUT2D eigenvalue weighted by molar-refractivity contribution is 5.78. The molecule has 0 unspecified atom stereocenters. The highest BCUT2D eigenvalue weighted by Crippen LogP contribution is 2.25. The number of aryl methyl sites for hydroxylation is 1. The van der Waals surface area contributed by atoms with E-state index in [0.717, 1.165) is 32.5 Å². The number of benzene rings is 1. The number of carbonyl (C=O) groups excluding carboxylic acids is 1. The molecule has 1 saturated heterocycles. The van der Waals surface area contributed by atoms with E-state index in [1.54, 1.807) is 0 Å². The van der Waals surface area contributed by atoms with Crippen molar-refractivity contribution in [3.05, 3.63) is 35.4 Å². The minimum Gasteiger partial charge on any atom is -0.345 e. The molecule has 0 aromatic heterocycles. The summed E-state index contributed by atoms with van der Waals surface area (Å²) in [5, 5.41) is 3.32. The molecule has 1 amide bonds. The van der Waals surface area contributed by atoms with Crippen LogP contribution in [0, 0.1) is 12.8 Å². The lowest BCUT2D eigenvalue weighted by molar-refractivity contribution is -0.135. The molecule has 0 saturated carbocycles. The Morgan fingerprint density at radius 2 is 1.81 bits per heavy atom. The molecule has 3 heteroatoms. The Kier molecular flexibility index (Phi) is 5.04. The van der Waals surface area contributed by atoms with Crippen LogP contribution in [-0.2, 0) is 10.2 Å². The Morgan fingerprint density at radius 1 is 1.24 bits per heavy atom. The van der Waals surface area contributed by atoms with Crippen LogP contribution in [0.15, 0.2) is 24.3 Å². The third-order valence-corrected chi connectivity index (χ3v) is 4.53. The Balaban J connectivity index is 2.01. The van der Waals surface area contributed by atoms with E-state index in [1.165, 1.54) is 11.1 Å². The fourth-order valence-corrected chi connectivity index (χ4v) is 3.15. The van der Waals surface area contributed by atoms with E-state index in [0.29, 0.717) is 5.91 Å². The van der Waals surface area contributed by atoms with Gasteiger partial charge in [0.1, 0.15) is 0 Å². The molecule has 1 N–H and O–H groups in total. The molecule has 0 spiro atoms. The maximum atomic E-state index is 12.6. The SMILES string of the molecule is Cc1ccc(C(C)(C)CN(C)C(=O)C2CCNCC2)cc1. The van der Waals surface area contributed by atoms with Gasteiger partial charge in [0.15, 0.2) is 0 Å². The molecule has 1 heterocycles. The lowest BCUT2D eigenvalue weighted by Crippen LogP contribution is -2.43. The molecule has 3 nitrogen and oxygen atoms in total. The standard InChI is InChI=1S/C18H28N2O/c1-14-5-7-16(8-6-14)18(2,3)13-20(4)17(21)15-9-11-19-12-10-15/h5-8,15,19H,9-13H2,1-4H3. The maximum Gasteiger partial charge on any atom is 0.225 e. The number of nitrogens with one attached hydrogen (secondary N) is 1. The van der Waals surface area contributed by atoms with Crippen molar-refractivity contribution < 1.29 is 4.79 Å². The largest absolute Gasteiger partial charge is 0.345 e. The Morgan fingerprint density at radius 3 is 2.38 bits per heavy atom. The van der Waals surface area contributed by atoms with Crippen LogP contribution in [0.3, 0.4) is 0 Å². The molecule has 0 aliphatic carbocycles. The van der Waals surface area contributed by atoms with E-state index >= 15 is 0 Å². The second kappa shape index (κ2) is 6.61. The van der Waals surface area contributed by atoms with Gasteiger partial charge in [-0.1, -0.05) is 43.7 Å². The first kappa shape index (κ1) is 16.0. The van der Waals surface area contributed by atoms with Crippen molar-refractivity contribution in [3.8, 4) is 0 Å². The molecule has 21 heavy (non-hydrogen) atoms. The number of hydrogen-bond donors (Lipinski definition) is 1. The summed E-state index contributed by atoms with van der Waals surface area (Å²) in [5.41, 5.74) is 2.54. The van der Waals surface area contributed by atoms with Gasteiger partial charge in [-0.2, -0.15) is 0 Å². The van der Waals surface area contributed by atoms with E-state index < -0.39 is 0 Å². The predicted molar refractivity (Wildman–Crippen MR) is 87.4 cm³/mol. The van der Waals surface area contributed by atoms with Gasteiger partial charge in [0.2, 0.25) is 5.91 Å². The Bertz CT molecular complexity index is 472. The van der Waals surface area contributed by atoms with Gasteiger partial charge in [0.25, 0.3) is 0 Å². The van der Waals surface area contributed by atoms with E-state index in [9.17, 15) is 4.79 Å². The summed E-state index contributed by atoms with van der Waals surface area (Å²) in [6, 6.07) is 8.65. The molecule has 0 radical (unpaired) electrons. The van der Waals surface area contributed by atoms with Gasteiger partial charge in [0, 0.05) is 24.9 Å². The Labute approximate surface area is 128 Å². The molecular formula is C18H28N2O. The van der Waals surface area contributed by atoms with Crippen molar-refractivity contribution in [1.82, 2.24) is 10.2 Å². The summed E-state index contributed by atoms with van der Waals surface area (Å²) in [4.78, 5) is 14.5. The van der Waals surface area contributed by atoms with E-state index in [4.69, 9.17) is 0 Å². The van der Waals surface area contributed by atoms with E-state index in [-0.39, 0.29) is 11.3 Å². The first-order valence-electron chi connectivity index (χ1n) is 7.93. The van der Waals surface area contributed by atoms with Gasteiger partial charge in [-0.3, -0.25) is 4.79 Å². The average Bonchev–Trinajstić information content (AvgIpc) is 2.47. The van der Waals surface area contributed by atoms with Crippen molar-refractivity contribution in [3.63, 3.8) is 0 Å². The number of hydrogen-bond acceptors (Lipinski definition) is 2. The number of likely N-dealkylation sites (N-methyl/N-ethyl adjacent to an activating group) is 1. The molecule has 1 fully saturated rings. The highest BCUT2D eigenvalue weighted by Gasteiger charge is 2.29. The average molecular weight is 288 g/mol. The zero-order valence-electron chi connectivity index (χ0n) is 13.8. The van der Waals surface area contributed by atoms with Gasteiger partial charge in [-0.25, -0.2) is 0 Å². The second-order valence-electron chi connectivity index (χ2n) is 6.97. The summed E-state index contributed by atoms with van der Waals surface area (Å²) in [5.74, 6) is 0.502. The number of piperidine rings is 1. The van der Waals surface area contributed by atoms with Gasteiger partial charge in [-0.15, -0.1) is 0 Å². The van der Waals surface area contributed by atoms with E-state index in [2.05, 4.69) is 50.4 Å². The molecule has 1 aromatic carbocycles. The maximum absolute atomic E-state index is 12.6. The van der Waals surface area contributed by atoms with Crippen molar-refractivity contribution in [2.75, 3.05) is 26.7 Å². The van der Waals surface area contributed by atoms with Crippen molar-refractivity contribution in [1.29, 1.82) is 0 Å². The molecule has 1 aliphatic heterocycles. The fraction of sp³-hybridized carbons (Fsp3) is 0.611. The summed E-state index contributed by atoms with van der Waals surface area (Å²) in [7, 11) is 1.94. The minimum atomic E-state index is -0.0228. The van der Waals surface area contributed by atoms with Gasteiger partial charge >= 0.3 is 0 Å². The molecule has 1 aromatic rings. The van der Waals surface area contributed by atoms with Crippen LogP contribution in [0.2, 0.25) is 0 Å². The van der Waals surface area contributed by atoms with Crippen molar-refractivity contribution >= 4 is 5.91 Å². The molecular weight excluding hydrogens is 260 g/mol. The van der Waals surface area contributed by atoms with Gasteiger partial charge in [0.05, 0.1) is 0 Å². The number of rotatable bonds is 4. The van der Waals surface area contributed by atoms with Crippen LogP contribution in [0.4, 0.5) is 0 Å². The lowest BCUT2D eigenvalue weighted by atomic mass is 9.83. The van der Waals surface area contributed by atoms with Gasteiger partial charge in [-0.05, 0) is 38.4 Å². The quantitative estimate of drug-likeness (QED) is 0.924. The molecule has 0 atom stereocenters. The highest BCUT2D eigenvalue weighted by atomic mass is 16.2. The third kappa shape index (κ3) is 4.07. The zero-order valence-corrected chi connectivity index (χ0v) is 13.8. The smallest absolute Gasteiger partial charge is 0.225 e. The van der Waals surface area contributed by atoms with Crippen molar-refractivity contribution in [2.24, 2.45) is 5.92 Å².